The third-order valence-corrected chi connectivity index (χ3v) is 4.85. The maximum atomic E-state index is 14.5. The van der Waals surface area contributed by atoms with E-state index in [4.69, 9.17) is 4.74 Å². The first-order valence-corrected chi connectivity index (χ1v) is 9.73. The van der Waals surface area contributed by atoms with E-state index in [-0.39, 0.29) is 17.9 Å². The van der Waals surface area contributed by atoms with Gasteiger partial charge in [-0.15, -0.1) is 0 Å². The molecule has 0 unspecified atom stereocenters. The van der Waals surface area contributed by atoms with Crippen LogP contribution in [-0.4, -0.2) is 39.8 Å². The second-order valence-corrected chi connectivity index (χ2v) is 6.78. The highest BCUT2D eigenvalue weighted by atomic mass is 19.3. The summed E-state index contributed by atoms with van der Waals surface area (Å²) in [6.45, 7) is -2.39. The van der Waals surface area contributed by atoms with Crippen LogP contribution in [0.3, 0.4) is 0 Å². The molecule has 33 heavy (non-hydrogen) atoms. The number of hydrogen-bond donors (Lipinski definition) is 1. The zero-order valence-corrected chi connectivity index (χ0v) is 17.3. The highest BCUT2D eigenvalue weighted by Crippen LogP contribution is 2.31. The first-order valence-electron chi connectivity index (χ1n) is 9.73. The molecule has 1 N–H and O–H groups in total. The molecular formula is C22H17F3N6O2. The molecule has 0 spiro atoms. The summed E-state index contributed by atoms with van der Waals surface area (Å²) in [7, 11) is 1.48. The summed E-state index contributed by atoms with van der Waals surface area (Å²) in [4.78, 5) is 12.0. The van der Waals surface area contributed by atoms with E-state index in [9.17, 15) is 18.4 Å². The zero-order chi connectivity index (χ0) is 23.4. The molecule has 0 fully saturated rings. The first kappa shape index (κ1) is 21.9. The lowest BCUT2D eigenvalue weighted by atomic mass is 10.2. The fourth-order valence-electron chi connectivity index (χ4n) is 3.45. The summed E-state index contributed by atoms with van der Waals surface area (Å²) in [5, 5.41) is 13.1. The Morgan fingerprint density at radius 1 is 1.15 bits per heavy atom. The number of nitriles is 1. The number of pyridine rings is 1. The van der Waals surface area contributed by atoms with Gasteiger partial charge < -0.3 is 19.4 Å². The molecule has 0 aliphatic heterocycles. The van der Waals surface area contributed by atoms with Gasteiger partial charge in [-0.25, -0.2) is 19.3 Å². The van der Waals surface area contributed by atoms with Crippen molar-refractivity contribution in [1.29, 1.82) is 5.26 Å². The third kappa shape index (κ3) is 4.64. The van der Waals surface area contributed by atoms with Crippen LogP contribution < -0.4 is 14.8 Å². The van der Waals surface area contributed by atoms with Crippen molar-refractivity contribution in [2.75, 3.05) is 19.0 Å². The lowest BCUT2D eigenvalue weighted by molar-refractivity contribution is -0.0528. The van der Waals surface area contributed by atoms with Gasteiger partial charge in [0.05, 0.1) is 18.3 Å². The number of hydrogen-bond acceptors (Lipinski definition) is 7. The molecule has 4 aromatic rings. The standard InChI is InChI=1S/C22H17F3N6O2/c1-32-18-3-2-16(23)21-15(18)9-14(11-26)31(21)7-6-27-19-10-17(29-12-30-19)13-4-5-28-20(8-13)33-22(24)25/h2-5,8-10,12,22H,6-7H2,1H3,(H,27,29,30). The highest BCUT2D eigenvalue weighted by molar-refractivity contribution is 5.88. The summed E-state index contributed by atoms with van der Waals surface area (Å²) < 4.78 is 50.6. The van der Waals surface area contributed by atoms with Gasteiger partial charge in [0, 0.05) is 42.4 Å². The second-order valence-electron chi connectivity index (χ2n) is 6.78. The van der Waals surface area contributed by atoms with Gasteiger partial charge in [-0.2, -0.15) is 14.0 Å². The van der Waals surface area contributed by atoms with Crippen molar-refractivity contribution < 1.29 is 22.6 Å². The number of rotatable bonds is 8. The lowest BCUT2D eigenvalue weighted by Gasteiger charge is -2.11. The predicted octanol–water partition coefficient (Wildman–Crippen LogP) is 4.23. The van der Waals surface area contributed by atoms with Crippen molar-refractivity contribution in [2.45, 2.75) is 13.2 Å². The van der Waals surface area contributed by atoms with Gasteiger partial charge in [-0.05, 0) is 24.3 Å². The van der Waals surface area contributed by atoms with Crippen LogP contribution in [0.15, 0.2) is 48.9 Å². The number of alkyl halides is 2. The first-order chi connectivity index (χ1) is 16.0. The number of nitrogens with one attached hydrogen (secondary N) is 1. The maximum Gasteiger partial charge on any atom is 0.388 e. The normalized spacial score (nSPS) is 10.9. The Bertz CT molecular complexity index is 1340. The fraction of sp³-hybridized carbons (Fsp3) is 0.182. The molecule has 1 aromatic carbocycles. The minimum atomic E-state index is -2.98. The van der Waals surface area contributed by atoms with E-state index in [0.717, 1.165) is 0 Å². The van der Waals surface area contributed by atoms with E-state index in [2.05, 4.69) is 31.1 Å². The van der Waals surface area contributed by atoms with E-state index in [1.54, 1.807) is 22.8 Å². The van der Waals surface area contributed by atoms with Crippen LogP contribution >= 0.6 is 0 Å². The molecule has 0 atom stereocenters. The molecule has 0 bridgehead atoms. The van der Waals surface area contributed by atoms with Crippen molar-refractivity contribution in [1.82, 2.24) is 19.5 Å². The molecule has 8 nitrogen and oxygen atoms in total. The number of ether oxygens (including phenoxy) is 2. The van der Waals surface area contributed by atoms with E-state index in [0.29, 0.717) is 40.4 Å². The van der Waals surface area contributed by atoms with Crippen molar-refractivity contribution in [2.24, 2.45) is 0 Å². The topological polar surface area (TPSA) is 97.9 Å². The molecule has 168 valence electrons. The minimum absolute atomic E-state index is 0.225. The van der Waals surface area contributed by atoms with Crippen molar-refractivity contribution >= 4 is 16.7 Å². The zero-order valence-electron chi connectivity index (χ0n) is 17.3. The van der Waals surface area contributed by atoms with E-state index in [1.807, 2.05) is 0 Å². The highest BCUT2D eigenvalue weighted by Gasteiger charge is 2.16. The smallest absolute Gasteiger partial charge is 0.388 e. The van der Waals surface area contributed by atoms with Gasteiger partial charge in [0.15, 0.2) is 0 Å². The van der Waals surface area contributed by atoms with Gasteiger partial charge in [-0.1, -0.05) is 0 Å². The predicted molar refractivity (Wildman–Crippen MR) is 114 cm³/mol. The summed E-state index contributed by atoms with van der Waals surface area (Å²) in [6.07, 6.45) is 2.66. The molecule has 4 rings (SSSR count). The van der Waals surface area contributed by atoms with Crippen LogP contribution in [0.4, 0.5) is 19.0 Å². The summed E-state index contributed by atoms with van der Waals surface area (Å²) >= 11 is 0. The van der Waals surface area contributed by atoms with Gasteiger partial charge in [0.1, 0.15) is 35.5 Å². The van der Waals surface area contributed by atoms with E-state index >= 15 is 0 Å². The van der Waals surface area contributed by atoms with Crippen LogP contribution in [0.5, 0.6) is 11.6 Å². The maximum absolute atomic E-state index is 14.5. The Morgan fingerprint density at radius 3 is 2.76 bits per heavy atom. The number of anilines is 1. The van der Waals surface area contributed by atoms with Gasteiger partial charge in [0.2, 0.25) is 5.88 Å². The third-order valence-electron chi connectivity index (χ3n) is 4.85. The molecule has 0 aliphatic rings. The van der Waals surface area contributed by atoms with E-state index in [1.165, 1.54) is 37.8 Å². The molecule has 11 heteroatoms. The molecular weight excluding hydrogens is 437 g/mol. The van der Waals surface area contributed by atoms with Crippen LogP contribution in [0, 0.1) is 17.1 Å². The summed E-state index contributed by atoms with van der Waals surface area (Å²) in [5.74, 6) is 0.247. The average Bonchev–Trinajstić information content (AvgIpc) is 3.19. The fourth-order valence-corrected chi connectivity index (χ4v) is 3.45. The molecule has 0 amide bonds. The number of halogens is 3. The monoisotopic (exact) mass is 454 g/mol. The second kappa shape index (κ2) is 9.44. The molecule has 0 radical (unpaired) electrons. The number of fused-ring (bicyclic) bond motifs is 1. The SMILES string of the molecule is COc1ccc(F)c2c1cc(C#N)n2CCNc1cc(-c2ccnc(OC(F)F)c2)ncn1. The van der Waals surface area contributed by atoms with Crippen molar-refractivity contribution in [3.8, 4) is 29.0 Å². The number of nitrogens with zero attached hydrogens (tertiary/aromatic N) is 5. The molecule has 3 heterocycles. The van der Waals surface area contributed by atoms with Crippen molar-refractivity contribution in [3.05, 3.63) is 60.4 Å². The Balaban J connectivity index is 1.53. The Labute approximate surface area is 186 Å². The Hall–Kier alpha value is -4.33. The van der Waals surface area contributed by atoms with Gasteiger partial charge in [0.25, 0.3) is 0 Å². The summed E-state index contributed by atoms with van der Waals surface area (Å²) in [5.41, 5.74) is 1.55. The molecule has 0 aliphatic carbocycles. The Morgan fingerprint density at radius 2 is 2.00 bits per heavy atom. The summed E-state index contributed by atoms with van der Waals surface area (Å²) in [6, 6.07) is 11.1. The molecule has 3 aromatic heterocycles. The number of benzene rings is 1. The van der Waals surface area contributed by atoms with Crippen LogP contribution in [-0.2, 0) is 6.54 Å². The molecule has 0 saturated heterocycles. The number of aromatic nitrogens is 4. The van der Waals surface area contributed by atoms with Crippen LogP contribution in [0.1, 0.15) is 5.69 Å². The van der Waals surface area contributed by atoms with Gasteiger partial charge in [-0.3, -0.25) is 0 Å². The largest absolute Gasteiger partial charge is 0.496 e. The minimum Gasteiger partial charge on any atom is -0.496 e. The quantitative estimate of drug-likeness (QED) is 0.426. The average molecular weight is 454 g/mol. The van der Waals surface area contributed by atoms with Gasteiger partial charge >= 0.3 is 6.61 Å². The van der Waals surface area contributed by atoms with Crippen LogP contribution in [0.25, 0.3) is 22.2 Å². The Kier molecular flexibility index (Phi) is 6.26. The van der Waals surface area contributed by atoms with E-state index < -0.39 is 12.4 Å². The molecule has 0 saturated carbocycles. The number of methoxy groups -OCH3 is 1. The lowest BCUT2D eigenvalue weighted by Crippen LogP contribution is -2.13. The van der Waals surface area contributed by atoms with Crippen molar-refractivity contribution in [3.63, 3.8) is 0 Å². The van der Waals surface area contributed by atoms with Crippen LogP contribution in [0.2, 0.25) is 0 Å².